The Bertz CT molecular complexity index is 683. The lowest BCUT2D eigenvalue weighted by Crippen LogP contribution is -2.43. The zero-order chi connectivity index (χ0) is 16.6. The summed E-state index contributed by atoms with van der Waals surface area (Å²) in [4.78, 5) is 26.5. The van der Waals surface area contributed by atoms with Gasteiger partial charge in [-0.3, -0.25) is 4.79 Å². The Morgan fingerprint density at radius 1 is 1.39 bits per heavy atom. The monoisotopic (exact) mass is 396 g/mol. The number of carbonyl (C=O) groups is 1. The average Bonchev–Trinajstić information content (AvgIpc) is 2.86. The van der Waals surface area contributed by atoms with E-state index in [0.29, 0.717) is 23.2 Å². The molecule has 3 heterocycles. The van der Waals surface area contributed by atoms with E-state index in [1.165, 1.54) is 18.2 Å². The molecule has 2 unspecified atom stereocenters. The number of carbonyl (C=O) groups excluding carboxylic acids is 1. The summed E-state index contributed by atoms with van der Waals surface area (Å²) in [5.41, 5.74) is 2.49. The molecule has 124 valence electrons. The van der Waals surface area contributed by atoms with Crippen LogP contribution in [0.4, 0.5) is 0 Å². The number of aromatic amines is 1. The van der Waals surface area contributed by atoms with Gasteiger partial charge in [0, 0.05) is 17.6 Å². The fourth-order valence-corrected chi connectivity index (χ4v) is 4.23. The van der Waals surface area contributed by atoms with Crippen molar-refractivity contribution in [1.82, 2.24) is 19.9 Å². The quantitative estimate of drug-likeness (QED) is 0.804. The van der Waals surface area contributed by atoms with Crippen LogP contribution < -0.4 is 0 Å². The molecule has 1 saturated heterocycles. The summed E-state index contributed by atoms with van der Waals surface area (Å²) in [6.45, 7) is 8.12. The van der Waals surface area contributed by atoms with Crippen LogP contribution in [0.25, 0.3) is 11.2 Å². The molecule has 3 rings (SSSR count). The maximum absolute atomic E-state index is 12.4. The van der Waals surface area contributed by atoms with E-state index >= 15 is 0 Å². The van der Waals surface area contributed by atoms with Gasteiger partial charge in [0.25, 0.3) is 0 Å². The molecule has 2 aromatic rings. The van der Waals surface area contributed by atoms with Crippen molar-refractivity contribution in [3.8, 4) is 0 Å². The van der Waals surface area contributed by atoms with Crippen LogP contribution in [-0.2, 0) is 4.79 Å². The lowest BCUT2D eigenvalue weighted by Gasteiger charge is -2.34. The van der Waals surface area contributed by atoms with Gasteiger partial charge in [-0.15, -0.1) is 0 Å². The van der Waals surface area contributed by atoms with Crippen LogP contribution in [0.5, 0.6) is 0 Å². The molecule has 1 aliphatic rings. The van der Waals surface area contributed by atoms with Crippen LogP contribution in [0.3, 0.4) is 0 Å². The van der Waals surface area contributed by atoms with Gasteiger partial charge in [-0.25, -0.2) is 9.97 Å². The predicted molar refractivity (Wildman–Crippen MR) is 96.6 cm³/mol. The van der Waals surface area contributed by atoms with Gasteiger partial charge in [0.2, 0.25) is 5.91 Å². The number of fused-ring (bicyclic) bond motifs is 1. The Labute approximate surface area is 148 Å². The highest BCUT2D eigenvalue weighted by Crippen LogP contribution is 2.25. The van der Waals surface area contributed by atoms with Gasteiger partial charge in [0.15, 0.2) is 10.8 Å². The molecule has 0 aliphatic carbocycles. The van der Waals surface area contributed by atoms with Crippen LogP contribution in [0.15, 0.2) is 15.7 Å². The van der Waals surface area contributed by atoms with Crippen molar-refractivity contribution in [3.63, 3.8) is 0 Å². The Hall–Kier alpha value is -1.08. The van der Waals surface area contributed by atoms with E-state index in [9.17, 15) is 4.79 Å². The summed E-state index contributed by atoms with van der Waals surface area (Å²) >= 11 is 4.92. The van der Waals surface area contributed by atoms with Gasteiger partial charge in [0.1, 0.15) is 0 Å². The lowest BCUT2D eigenvalue weighted by molar-refractivity contribution is -0.130. The second kappa shape index (κ2) is 6.81. The summed E-state index contributed by atoms with van der Waals surface area (Å²) in [5, 5.41) is 0.747. The number of piperidine rings is 1. The average molecular weight is 397 g/mol. The number of rotatable bonds is 3. The SMILES string of the molecule is Cc1nc2nc(SCC(=O)N3CC(C)CC(C)C3)[nH]c2cc1Br. The molecule has 0 spiro atoms. The molecule has 23 heavy (non-hydrogen) atoms. The highest BCUT2D eigenvalue weighted by Gasteiger charge is 2.25. The van der Waals surface area contributed by atoms with Gasteiger partial charge < -0.3 is 9.88 Å². The van der Waals surface area contributed by atoms with E-state index in [1.54, 1.807) is 0 Å². The smallest absolute Gasteiger partial charge is 0.233 e. The minimum absolute atomic E-state index is 0.194. The van der Waals surface area contributed by atoms with E-state index in [-0.39, 0.29) is 5.91 Å². The standard InChI is InChI=1S/C16H21BrN4OS/c1-9-4-10(2)7-21(6-9)14(22)8-23-16-19-13-5-12(17)11(3)18-15(13)20-16/h5,9-10H,4,6-8H2,1-3H3,(H,18,19,20). The third-order valence-electron chi connectivity index (χ3n) is 4.13. The third kappa shape index (κ3) is 3.88. The minimum atomic E-state index is 0.194. The van der Waals surface area contributed by atoms with Gasteiger partial charge >= 0.3 is 0 Å². The van der Waals surface area contributed by atoms with Crippen LogP contribution in [0, 0.1) is 18.8 Å². The van der Waals surface area contributed by atoms with Crippen LogP contribution in [0.2, 0.25) is 0 Å². The number of nitrogens with zero attached hydrogens (tertiary/aromatic N) is 3. The summed E-state index contributed by atoms with van der Waals surface area (Å²) in [6, 6.07) is 1.98. The first-order valence-corrected chi connectivity index (χ1v) is 9.63. The molecule has 1 N–H and O–H groups in total. The van der Waals surface area contributed by atoms with Crippen LogP contribution >= 0.6 is 27.7 Å². The van der Waals surface area contributed by atoms with Gasteiger partial charge in [-0.2, -0.15) is 0 Å². The fourth-order valence-electron chi connectivity index (χ4n) is 3.14. The maximum Gasteiger partial charge on any atom is 0.233 e. The van der Waals surface area contributed by atoms with E-state index in [2.05, 4.69) is 44.7 Å². The molecule has 0 saturated carbocycles. The zero-order valence-electron chi connectivity index (χ0n) is 13.6. The number of hydrogen-bond donors (Lipinski definition) is 1. The molecule has 1 fully saturated rings. The Morgan fingerprint density at radius 3 is 2.78 bits per heavy atom. The third-order valence-corrected chi connectivity index (χ3v) is 5.79. The summed E-state index contributed by atoms with van der Waals surface area (Å²) in [5.74, 6) is 1.78. The molecule has 0 aromatic carbocycles. The number of imidazole rings is 1. The van der Waals surface area contributed by atoms with Crippen LogP contribution in [0.1, 0.15) is 26.0 Å². The molecule has 0 radical (unpaired) electrons. The first-order chi connectivity index (χ1) is 10.9. The molecule has 2 aromatic heterocycles. The number of pyridine rings is 1. The zero-order valence-corrected chi connectivity index (χ0v) is 16.0. The second-order valence-electron chi connectivity index (χ2n) is 6.50. The van der Waals surface area contributed by atoms with Crippen molar-refractivity contribution in [2.24, 2.45) is 11.8 Å². The molecular formula is C16H21BrN4OS. The number of likely N-dealkylation sites (tertiary alicyclic amines) is 1. The first kappa shape index (κ1) is 16.8. The van der Waals surface area contributed by atoms with Crippen molar-refractivity contribution in [2.45, 2.75) is 32.3 Å². The van der Waals surface area contributed by atoms with Crippen molar-refractivity contribution < 1.29 is 4.79 Å². The van der Waals surface area contributed by atoms with Crippen LogP contribution in [-0.4, -0.2) is 44.6 Å². The number of hydrogen-bond acceptors (Lipinski definition) is 4. The number of halogens is 1. The Balaban J connectivity index is 1.65. The number of H-pyrrole nitrogens is 1. The van der Waals surface area contributed by atoms with Crippen molar-refractivity contribution in [2.75, 3.05) is 18.8 Å². The number of amides is 1. The normalized spacial score (nSPS) is 21.8. The summed E-state index contributed by atoms with van der Waals surface area (Å²) < 4.78 is 0.956. The summed E-state index contributed by atoms with van der Waals surface area (Å²) in [7, 11) is 0. The molecule has 2 atom stereocenters. The molecule has 1 aliphatic heterocycles. The Morgan fingerprint density at radius 2 is 2.09 bits per heavy atom. The topological polar surface area (TPSA) is 61.9 Å². The van der Waals surface area contributed by atoms with E-state index in [4.69, 9.17) is 0 Å². The molecule has 7 heteroatoms. The lowest BCUT2D eigenvalue weighted by atomic mass is 9.92. The number of thioether (sulfide) groups is 1. The number of aromatic nitrogens is 3. The number of aryl methyl sites for hydroxylation is 1. The van der Waals surface area contributed by atoms with Gasteiger partial charge in [-0.1, -0.05) is 25.6 Å². The first-order valence-electron chi connectivity index (χ1n) is 7.85. The molecule has 0 bridgehead atoms. The van der Waals surface area contributed by atoms with E-state index in [1.807, 2.05) is 17.9 Å². The van der Waals surface area contributed by atoms with Crippen molar-refractivity contribution in [1.29, 1.82) is 0 Å². The second-order valence-corrected chi connectivity index (χ2v) is 8.32. The molecule has 5 nitrogen and oxygen atoms in total. The van der Waals surface area contributed by atoms with Gasteiger partial charge in [0.05, 0.1) is 17.0 Å². The predicted octanol–water partition coefficient (Wildman–Crippen LogP) is 3.63. The number of nitrogens with one attached hydrogen (secondary N) is 1. The highest BCUT2D eigenvalue weighted by molar-refractivity contribution is 9.10. The fraction of sp³-hybridized carbons (Fsp3) is 0.562. The van der Waals surface area contributed by atoms with E-state index < -0.39 is 0 Å². The molecular weight excluding hydrogens is 376 g/mol. The van der Waals surface area contributed by atoms with Crippen molar-refractivity contribution in [3.05, 3.63) is 16.2 Å². The van der Waals surface area contributed by atoms with Crippen molar-refractivity contribution >= 4 is 44.8 Å². The van der Waals surface area contributed by atoms with E-state index in [0.717, 1.165) is 33.9 Å². The van der Waals surface area contributed by atoms with Gasteiger partial charge in [-0.05, 0) is 47.2 Å². The highest BCUT2D eigenvalue weighted by atomic mass is 79.9. The Kier molecular flexibility index (Phi) is 4.96. The minimum Gasteiger partial charge on any atom is -0.341 e. The summed E-state index contributed by atoms with van der Waals surface area (Å²) in [6.07, 6.45) is 1.21. The largest absolute Gasteiger partial charge is 0.341 e. The molecule has 1 amide bonds. The maximum atomic E-state index is 12.4.